The smallest absolute Gasteiger partial charge is 0.320 e. The molecule has 7 nitrogen and oxygen atoms in total. The van der Waals surface area contributed by atoms with Gasteiger partial charge < -0.3 is 24.4 Å². The standard InChI is InChI=1S/C20H26O7/c1-18(2)4-3-10-20(7-26-16(23)14(18)20)13-11(21)12-8-5-19(13,17(24)27-10)15(22)9(8)6-25-12/h8-14,16,21,23H,3-7H2,1-2H3. The van der Waals surface area contributed by atoms with Crippen molar-refractivity contribution in [3.05, 3.63) is 0 Å². The first-order valence-corrected chi connectivity index (χ1v) is 10.1. The third kappa shape index (κ3) is 1.59. The minimum atomic E-state index is -1.31. The van der Waals surface area contributed by atoms with E-state index >= 15 is 0 Å². The Hall–Kier alpha value is -1.02. The van der Waals surface area contributed by atoms with Crippen LogP contribution in [0.15, 0.2) is 0 Å². The zero-order valence-corrected chi connectivity index (χ0v) is 15.6. The highest BCUT2D eigenvalue weighted by Gasteiger charge is 2.82. The van der Waals surface area contributed by atoms with Crippen LogP contribution in [0, 0.1) is 39.9 Å². The Morgan fingerprint density at radius 2 is 1.89 bits per heavy atom. The molecule has 2 bridgehead atoms. The predicted octanol–water partition coefficient (Wildman–Crippen LogP) is 0.264. The molecule has 3 saturated carbocycles. The molecule has 10 atom stereocenters. The molecule has 0 radical (unpaired) electrons. The van der Waals surface area contributed by atoms with Crippen LogP contribution in [-0.2, 0) is 23.8 Å². The van der Waals surface area contributed by atoms with E-state index < -0.39 is 47.3 Å². The van der Waals surface area contributed by atoms with Gasteiger partial charge in [0.15, 0.2) is 12.1 Å². The Morgan fingerprint density at radius 3 is 2.67 bits per heavy atom. The van der Waals surface area contributed by atoms with Crippen LogP contribution in [0.25, 0.3) is 0 Å². The number of esters is 1. The maximum atomic E-state index is 13.5. The number of hydrogen-bond acceptors (Lipinski definition) is 7. The Bertz CT molecular complexity index is 749. The Balaban J connectivity index is 1.60. The van der Waals surface area contributed by atoms with Gasteiger partial charge in [0, 0.05) is 29.1 Å². The number of ketones is 1. The fourth-order valence-electron chi connectivity index (χ4n) is 8.13. The summed E-state index contributed by atoms with van der Waals surface area (Å²) in [6.45, 7) is 4.65. The fraction of sp³-hybridized carbons (Fsp3) is 0.900. The lowest BCUT2D eigenvalue weighted by molar-refractivity contribution is -0.263. The zero-order valence-electron chi connectivity index (χ0n) is 15.6. The summed E-state index contributed by atoms with van der Waals surface area (Å²) in [6.07, 6.45) is -0.974. The monoisotopic (exact) mass is 378 g/mol. The van der Waals surface area contributed by atoms with Gasteiger partial charge in [0.25, 0.3) is 0 Å². The highest BCUT2D eigenvalue weighted by molar-refractivity contribution is 6.08. The molecule has 0 amide bonds. The van der Waals surface area contributed by atoms with Crippen molar-refractivity contribution < 1.29 is 34.0 Å². The van der Waals surface area contributed by atoms with Crippen LogP contribution in [0.4, 0.5) is 0 Å². The summed E-state index contributed by atoms with van der Waals surface area (Å²) in [4.78, 5) is 26.7. The van der Waals surface area contributed by atoms with E-state index in [2.05, 4.69) is 13.8 Å². The van der Waals surface area contributed by atoms with Crippen LogP contribution in [0.3, 0.4) is 0 Å². The van der Waals surface area contributed by atoms with Crippen molar-refractivity contribution in [3.63, 3.8) is 0 Å². The number of aliphatic hydroxyl groups is 2. The minimum Gasteiger partial charge on any atom is -0.461 e. The van der Waals surface area contributed by atoms with Crippen molar-refractivity contribution in [1.82, 2.24) is 0 Å². The highest BCUT2D eigenvalue weighted by atomic mass is 16.6. The van der Waals surface area contributed by atoms with Gasteiger partial charge in [-0.3, -0.25) is 9.59 Å². The van der Waals surface area contributed by atoms with Crippen molar-refractivity contribution in [1.29, 1.82) is 0 Å². The second kappa shape index (κ2) is 4.75. The molecule has 0 aromatic heterocycles. The summed E-state index contributed by atoms with van der Waals surface area (Å²) < 4.78 is 17.5. The molecular weight excluding hydrogens is 352 g/mol. The molecule has 3 aliphatic carbocycles. The van der Waals surface area contributed by atoms with Crippen LogP contribution >= 0.6 is 0 Å². The summed E-state index contributed by atoms with van der Waals surface area (Å²) in [7, 11) is 0. The lowest BCUT2D eigenvalue weighted by Crippen LogP contribution is -2.72. The summed E-state index contributed by atoms with van der Waals surface area (Å²) in [5.41, 5.74) is -2.33. The first kappa shape index (κ1) is 16.9. The van der Waals surface area contributed by atoms with Gasteiger partial charge >= 0.3 is 5.97 Å². The van der Waals surface area contributed by atoms with Crippen LogP contribution in [0.5, 0.6) is 0 Å². The van der Waals surface area contributed by atoms with Gasteiger partial charge in [-0.1, -0.05) is 13.8 Å². The molecule has 10 unspecified atom stereocenters. The lowest BCUT2D eigenvalue weighted by atomic mass is 9.43. The molecule has 3 aliphatic heterocycles. The molecule has 0 aromatic rings. The van der Waals surface area contributed by atoms with Crippen molar-refractivity contribution in [2.75, 3.05) is 13.2 Å². The van der Waals surface area contributed by atoms with Gasteiger partial charge in [0.05, 0.1) is 25.4 Å². The van der Waals surface area contributed by atoms with Gasteiger partial charge in [0.1, 0.15) is 11.5 Å². The number of ether oxygens (including phenoxy) is 3. The molecule has 6 aliphatic rings. The molecule has 2 N–H and O–H groups in total. The molecule has 27 heavy (non-hydrogen) atoms. The first-order valence-electron chi connectivity index (χ1n) is 10.1. The second-order valence-electron chi connectivity index (χ2n) is 10.3. The van der Waals surface area contributed by atoms with Crippen LogP contribution in [0.1, 0.15) is 33.1 Å². The normalized spacial score (nSPS) is 59.9. The molecule has 7 heteroatoms. The van der Waals surface area contributed by atoms with E-state index in [4.69, 9.17) is 14.2 Å². The van der Waals surface area contributed by atoms with E-state index in [1.165, 1.54) is 0 Å². The second-order valence-corrected chi connectivity index (χ2v) is 10.3. The van der Waals surface area contributed by atoms with E-state index in [-0.39, 0.29) is 42.2 Å². The summed E-state index contributed by atoms with van der Waals surface area (Å²) in [5, 5.41) is 22.2. The van der Waals surface area contributed by atoms with Gasteiger partial charge in [-0.05, 0) is 24.7 Å². The zero-order chi connectivity index (χ0) is 18.9. The van der Waals surface area contributed by atoms with Crippen LogP contribution in [-0.4, -0.2) is 59.8 Å². The number of hydrogen-bond donors (Lipinski definition) is 2. The maximum Gasteiger partial charge on any atom is 0.320 e. The van der Waals surface area contributed by atoms with Crippen molar-refractivity contribution in [2.45, 2.75) is 57.7 Å². The number of carbonyl (C=O) groups excluding carboxylic acids is 2. The Kier molecular flexibility index (Phi) is 2.97. The van der Waals surface area contributed by atoms with E-state index in [9.17, 15) is 19.8 Å². The van der Waals surface area contributed by atoms with Crippen molar-refractivity contribution in [3.8, 4) is 0 Å². The van der Waals surface area contributed by atoms with E-state index in [0.717, 1.165) is 6.42 Å². The molecule has 3 saturated heterocycles. The largest absolute Gasteiger partial charge is 0.461 e. The van der Waals surface area contributed by atoms with Crippen LogP contribution in [0.2, 0.25) is 0 Å². The number of Topliss-reactive ketones (excluding diaryl/α,β-unsaturated/α-hetero) is 1. The SMILES string of the molecule is CC1(C)CCC2OC(=O)C34CC5C(COC5C(O)C3C23COC(O)C13)C4=O. The van der Waals surface area contributed by atoms with Gasteiger partial charge in [-0.25, -0.2) is 0 Å². The first-order chi connectivity index (χ1) is 12.7. The van der Waals surface area contributed by atoms with E-state index in [0.29, 0.717) is 12.8 Å². The molecular formula is C20H26O7. The quantitative estimate of drug-likeness (QED) is 0.461. The molecule has 6 rings (SSSR count). The molecule has 6 fully saturated rings. The number of carbonyl (C=O) groups is 2. The van der Waals surface area contributed by atoms with Crippen LogP contribution < -0.4 is 0 Å². The highest BCUT2D eigenvalue weighted by Crippen LogP contribution is 2.72. The number of rotatable bonds is 0. The van der Waals surface area contributed by atoms with Gasteiger partial charge in [0.2, 0.25) is 0 Å². The summed E-state index contributed by atoms with van der Waals surface area (Å²) in [5.74, 6) is -1.99. The predicted molar refractivity (Wildman–Crippen MR) is 89.1 cm³/mol. The Labute approximate surface area is 157 Å². The summed E-state index contributed by atoms with van der Waals surface area (Å²) in [6, 6.07) is 0. The van der Waals surface area contributed by atoms with Crippen molar-refractivity contribution in [2.24, 2.45) is 39.9 Å². The lowest BCUT2D eigenvalue weighted by Gasteiger charge is -2.63. The van der Waals surface area contributed by atoms with Gasteiger partial charge in [-0.15, -0.1) is 0 Å². The molecule has 148 valence electrons. The molecule has 0 aromatic carbocycles. The third-order valence-corrected chi connectivity index (χ3v) is 9.00. The van der Waals surface area contributed by atoms with Crippen molar-refractivity contribution >= 4 is 11.8 Å². The maximum absolute atomic E-state index is 13.5. The topological polar surface area (TPSA) is 102 Å². The van der Waals surface area contributed by atoms with E-state index in [1.807, 2.05) is 0 Å². The van der Waals surface area contributed by atoms with Gasteiger partial charge in [-0.2, -0.15) is 0 Å². The molecule has 2 spiro atoms. The minimum absolute atomic E-state index is 0.119. The third-order valence-electron chi connectivity index (χ3n) is 9.00. The Morgan fingerprint density at radius 1 is 1.11 bits per heavy atom. The average molecular weight is 378 g/mol. The number of aliphatic hydroxyl groups excluding tert-OH is 2. The van der Waals surface area contributed by atoms with E-state index in [1.54, 1.807) is 0 Å². The fourth-order valence-corrected chi connectivity index (χ4v) is 8.13. The average Bonchev–Trinajstić information content (AvgIpc) is 3.24. The summed E-state index contributed by atoms with van der Waals surface area (Å²) >= 11 is 0. The molecule has 3 heterocycles.